The Bertz CT molecular complexity index is 253. The average molecular weight is 240 g/mol. The molecule has 0 aromatic heterocycles. The second-order valence-corrected chi connectivity index (χ2v) is 6.09. The third-order valence-electron chi connectivity index (χ3n) is 4.00. The topological polar surface area (TPSA) is 46.3 Å². The van der Waals surface area contributed by atoms with Crippen LogP contribution in [-0.4, -0.2) is 30.4 Å². The highest BCUT2D eigenvalue weighted by atomic mass is 16.2. The van der Waals surface area contributed by atoms with Gasteiger partial charge in [-0.25, -0.2) is 0 Å². The zero-order valence-corrected chi connectivity index (χ0v) is 11.8. The van der Waals surface area contributed by atoms with Gasteiger partial charge in [0.15, 0.2) is 0 Å². The molecule has 100 valence electrons. The zero-order chi connectivity index (χ0) is 13.0. The van der Waals surface area contributed by atoms with Gasteiger partial charge in [0.1, 0.15) is 0 Å². The molecule has 3 atom stereocenters. The highest BCUT2D eigenvalue weighted by Crippen LogP contribution is 2.29. The number of amides is 1. The van der Waals surface area contributed by atoms with Crippen LogP contribution in [0.2, 0.25) is 0 Å². The molecule has 17 heavy (non-hydrogen) atoms. The van der Waals surface area contributed by atoms with E-state index in [0.717, 1.165) is 32.2 Å². The summed E-state index contributed by atoms with van der Waals surface area (Å²) in [5.41, 5.74) is 5.99. The lowest BCUT2D eigenvalue weighted by molar-refractivity contribution is -0.136. The second kappa shape index (κ2) is 6.39. The first kappa shape index (κ1) is 14.5. The van der Waals surface area contributed by atoms with Crippen LogP contribution in [0.4, 0.5) is 0 Å². The van der Waals surface area contributed by atoms with E-state index in [1.54, 1.807) is 0 Å². The van der Waals surface area contributed by atoms with Crippen molar-refractivity contribution in [2.24, 2.45) is 23.5 Å². The summed E-state index contributed by atoms with van der Waals surface area (Å²) in [6.45, 7) is 7.44. The first-order valence-corrected chi connectivity index (χ1v) is 6.92. The van der Waals surface area contributed by atoms with Gasteiger partial charge in [0, 0.05) is 25.6 Å². The Kier molecular flexibility index (Phi) is 5.44. The Morgan fingerprint density at radius 1 is 1.41 bits per heavy atom. The molecule has 0 heterocycles. The normalized spacial score (nSPS) is 29.4. The molecule has 0 spiro atoms. The summed E-state index contributed by atoms with van der Waals surface area (Å²) in [5.74, 6) is 1.67. The summed E-state index contributed by atoms with van der Waals surface area (Å²) in [6.07, 6.45) is 4.02. The Morgan fingerprint density at radius 3 is 2.59 bits per heavy atom. The number of rotatable bonds is 4. The Morgan fingerprint density at radius 2 is 2.06 bits per heavy atom. The quantitative estimate of drug-likeness (QED) is 0.819. The van der Waals surface area contributed by atoms with Crippen LogP contribution in [0, 0.1) is 17.8 Å². The van der Waals surface area contributed by atoms with Crippen molar-refractivity contribution < 1.29 is 4.79 Å². The molecule has 3 heteroatoms. The molecule has 1 fully saturated rings. The van der Waals surface area contributed by atoms with E-state index in [4.69, 9.17) is 5.73 Å². The lowest BCUT2D eigenvalue weighted by atomic mass is 9.79. The average Bonchev–Trinajstić information content (AvgIpc) is 2.28. The lowest BCUT2D eigenvalue weighted by Gasteiger charge is -2.33. The summed E-state index contributed by atoms with van der Waals surface area (Å²) in [6, 6.07) is 0.292. The third kappa shape index (κ3) is 4.30. The minimum atomic E-state index is 0.210. The van der Waals surface area contributed by atoms with E-state index in [2.05, 4.69) is 20.8 Å². The van der Waals surface area contributed by atoms with Gasteiger partial charge in [0.05, 0.1) is 0 Å². The predicted molar refractivity (Wildman–Crippen MR) is 71.6 cm³/mol. The minimum absolute atomic E-state index is 0.210. The van der Waals surface area contributed by atoms with Gasteiger partial charge in [0.2, 0.25) is 5.91 Å². The fourth-order valence-electron chi connectivity index (χ4n) is 2.52. The summed E-state index contributed by atoms with van der Waals surface area (Å²) < 4.78 is 0. The van der Waals surface area contributed by atoms with Crippen LogP contribution in [0.15, 0.2) is 0 Å². The maximum atomic E-state index is 12.2. The first-order valence-electron chi connectivity index (χ1n) is 6.92. The molecule has 1 aliphatic rings. The molecule has 1 saturated carbocycles. The van der Waals surface area contributed by atoms with Crippen LogP contribution < -0.4 is 5.73 Å². The smallest absolute Gasteiger partial charge is 0.225 e. The van der Waals surface area contributed by atoms with Crippen molar-refractivity contribution in [3.63, 3.8) is 0 Å². The van der Waals surface area contributed by atoms with Crippen molar-refractivity contribution in [3.05, 3.63) is 0 Å². The van der Waals surface area contributed by atoms with Crippen molar-refractivity contribution in [2.45, 2.75) is 52.5 Å². The number of carbonyl (C=O) groups is 1. The summed E-state index contributed by atoms with van der Waals surface area (Å²) in [5, 5.41) is 0. The first-order chi connectivity index (χ1) is 7.91. The summed E-state index contributed by atoms with van der Waals surface area (Å²) in [4.78, 5) is 14.2. The Labute approximate surface area is 106 Å². The van der Waals surface area contributed by atoms with Crippen LogP contribution in [0.5, 0.6) is 0 Å². The maximum Gasteiger partial charge on any atom is 0.225 e. The second-order valence-electron chi connectivity index (χ2n) is 6.09. The molecule has 3 nitrogen and oxygen atoms in total. The number of carbonyl (C=O) groups excluding carboxylic acids is 1. The predicted octanol–water partition coefficient (Wildman–Crippen LogP) is 2.25. The van der Waals surface area contributed by atoms with Crippen molar-refractivity contribution >= 4 is 5.91 Å². The molecular weight excluding hydrogens is 212 g/mol. The molecule has 1 aliphatic carbocycles. The van der Waals surface area contributed by atoms with E-state index >= 15 is 0 Å². The summed E-state index contributed by atoms with van der Waals surface area (Å²) >= 11 is 0. The Balaban J connectivity index is 2.41. The van der Waals surface area contributed by atoms with Crippen LogP contribution in [0.3, 0.4) is 0 Å². The molecule has 0 radical (unpaired) electrons. The van der Waals surface area contributed by atoms with Gasteiger partial charge in [-0.05, 0) is 37.5 Å². The van der Waals surface area contributed by atoms with Gasteiger partial charge in [-0.2, -0.15) is 0 Å². The van der Waals surface area contributed by atoms with Gasteiger partial charge >= 0.3 is 0 Å². The van der Waals surface area contributed by atoms with E-state index in [9.17, 15) is 4.79 Å². The van der Waals surface area contributed by atoms with Crippen LogP contribution in [0.1, 0.15) is 46.5 Å². The molecule has 1 amide bonds. The standard InChI is InChI=1S/C14H28N2O/c1-10(2)7-8-16(4)14(17)12-5-6-13(15)11(3)9-12/h10-13H,5-9,15H2,1-4H3. The molecule has 0 bridgehead atoms. The van der Waals surface area contributed by atoms with Crippen LogP contribution in [-0.2, 0) is 4.79 Å². The SMILES string of the molecule is CC(C)CCN(C)C(=O)C1CCC(N)C(C)C1. The Hall–Kier alpha value is -0.570. The van der Waals surface area contributed by atoms with E-state index in [-0.39, 0.29) is 5.92 Å². The fourth-order valence-corrected chi connectivity index (χ4v) is 2.52. The van der Waals surface area contributed by atoms with E-state index < -0.39 is 0 Å². The van der Waals surface area contributed by atoms with Crippen LogP contribution in [0.25, 0.3) is 0 Å². The van der Waals surface area contributed by atoms with E-state index in [0.29, 0.717) is 23.8 Å². The molecular formula is C14H28N2O. The van der Waals surface area contributed by atoms with Gasteiger partial charge in [-0.3, -0.25) is 4.79 Å². The van der Waals surface area contributed by atoms with E-state index in [1.165, 1.54) is 0 Å². The number of hydrogen-bond acceptors (Lipinski definition) is 2. The largest absolute Gasteiger partial charge is 0.346 e. The molecule has 0 saturated heterocycles. The van der Waals surface area contributed by atoms with Crippen molar-refractivity contribution in [3.8, 4) is 0 Å². The molecule has 1 rings (SSSR count). The van der Waals surface area contributed by atoms with Gasteiger partial charge < -0.3 is 10.6 Å². The third-order valence-corrected chi connectivity index (χ3v) is 4.00. The fraction of sp³-hybridized carbons (Fsp3) is 0.929. The van der Waals surface area contributed by atoms with Gasteiger partial charge in [-0.1, -0.05) is 20.8 Å². The van der Waals surface area contributed by atoms with Gasteiger partial charge in [-0.15, -0.1) is 0 Å². The highest BCUT2D eigenvalue weighted by Gasteiger charge is 2.30. The van der Waals surface area contributed by atoms with E-state index in [1.807, 2.05) is 11.9 Å². The molecule has 0 aromatic carbocycles. The maximum absolute atomic E-state index is 12.2. The van der Waals surface area contributed by atoms with Crippen molar-refractivity contribution in [1.82, 2.24) is 4.90 Å². The molecule has 2 N–H and O–H groups in total. The highest BCUT2D eigenvalue weighted by molar-refractivity contribution is 5.78. The number of nitrogens with zero attached hydrogens (tertiary/aromatic N) is 1. The van der Waals surface area contributed by atoms with Crippen LogP contribution >= 0.6 is 0 Å². The molecule has 0 aliphatic heterocycles. The molecule has 0 aromatic rings. The number of hydrogen-bond donors (Lipinski definition) is 1. The van der Waals surface area contributed by atoms with Crippen molar-refractivity contribution in [1.29, 1.82) is 0 Å². The molecule has 3 unspecified atom stereocenters. The zero-order valence-electron chi connectivity index (χ0n) is 11.8. The summed E-state index contributed by atoms with van der Waals surface area (Å²) in [7, 11) is 1.93. The van der Waals surface area contributed by atoms with Crippen molar-refractivity contribution in [2.75, 3.05) is 13.6 Å². The van der Waals surface area contributed by atoms with Gasteiger partial charge in [0.25, 0.3) is 0 Å². The lowest BCUT2D eigenvalue weighted by Crippen LogP contribution is -2.41. The monoisotopic (exact) mass is 240 g/mol. The number of nitrogens with two attached hydrogens (primary N) is 1. The minimum Gasteiger partial charge on any atom is -0.346 e.